The van der Waals surface area contributed by atoms with Gasteiger partial charge in [0.05, 0.1) is 44.0 Å². The number of benzene rings is 5. The second kappa shape index (κ2) is 16.6. The summed E-state index contributed by atoms with van der Waals surface area (Å²) in [7, 11) is -4.86. The SMILES string of the molecule is Cc1nn(-c2ccccc2)c([O-])c1N=Nc1c([O-])cc(S(=O)(=O)[O-])c2ccccc12.Cc1nn(-c2ccccc2)c([O-])c1N=Nc1ccc([N+](=O)[O-])cc1[O-].[Cr+3].[H+].[H+]. The molecule has 0 atom stereocenters. The normalized spacial score (nSPS) is 11.4. The summed E-state index contributed by atoms with van der Waals surface area (Å²) in [5.74, 6) is -2.44. The summed E-state index contributed by atoms with van der Waals surface area (Å²) in [4.78, 5) is 9.33. The molecule has 0 saturated heterocycles. The number of rotatable bonds is 8. The van der Waals surface area contributed by atoms with Crippen molar-refractivity contribution in [2.24, 2.45) is 20.5 Å². The number of fused-ring (bicyclic) bond motifs is 1. The van der Waals surface area contributed by atoms with Crippen molar-refractivity contribution in [1.82, 2.24) is 19.6 Å². The molecule has 5 aromatic carbocycles. The van der Waals surface area contributed by atoms with Crippen LogP contribution in [0.5, 0.6) is 23.3 Å². The minimum atomic E-state index is -4.86. The van der Waals surface area contributed by atoms with E-state index in [9.17, 15) is 43.5 Å². The van der Waals surface area contributed by atoms with E-state index in [2.05, 4.69) is 30.7 Å². The van der Waals surface area contributed by atoms with Gasteiger partial charge in [-0.25, -0.2) is 17.8 Å². The zero-order chi connectivity index (χ0) is 39.4. The molecule has 0 fully saturated rings. The standard InChI is InChI=1S/C20H16N4O5S.C16H13N5O4.Cr/c1-12-18(20(26)24(23-12)13-7-3-2-4-8-13)21-22-19-15-10-6-5-9-14(15)17(11-16(19)25)30(27,28)29;1-10-15(16(23)20(19-10)11-5-3-2-4-6-11)18-17-13-8-7-12(21(24)25)9-14(13)22;/h2-11,25-26H,1H3,(H,27,28,29);2-9,22-23H,1H3;/q;;+3/p-3. The van der Waals surface area contributed by atoms with Crippen molar-refractivity contribution in [2.75, 3.05) is 0 Å². The third-order valence-electron chi connectivity index (χ3n) is 7.85. The topological polar surface area (TPSA) is 278 Å². The molecule has 0 bridgehead atoms. The smallest absolute Gasteiger partial charge is 0.871 e. The van der Waals surface area contributed by atoms with Gasteiger partial charge in [0.25, 0.3) is 5.69 Å². The number of non-ortho nitro benzene ring substituents is 1. The third-order valence-corrected chi connectivity index (χ3v) is 8.73. The maximum atomic E-state index is 12.7. The van der Waals surface area contributed by atoms with Crippen LogP contribution in [-0.4, -0.2) is 37.5 Å². The van der Waals surface area contributed by atoms with Crippen LogP contribution in [0.15, 0.2) is 135 Å². The second-order valence-electron chi connectivity index (χ2n) is 11.5. The van der Waals surface area contributed by atoms with Gasteiger partial charge in [-0.15, -0.1) is 10.2 Å². The fourth-order valence-electron chi connectivity index (χ4n) is 5.23. The Morgan fingerprint density at radius 1 is 0.625 bits per heavy atom. The molecule has 2 heterocycles. The van der Waals surface area contributed by atoms with Gasteiger partial charge >= 0.3 is 20.2 Å². The molecule has 0 spiro atoms. The van der Waals surface area contributed by atoms with Gasteiger partial charge in [-0.1, -0.05) is 72.2 Å². The van der Waals surface area contributed by atoms with Crippen molar-refractivity contribution in [3.05, 3.63) is 131 Å². The molecular weight excluding hydrogens is 787 g/mol. The number of hydrogen-bond acceptors (Lipinski definition) is 15. The summed E-state index contributed by atoms with van der Waals surface area (Å²) in [5, 5.41) is 83.9. The van der Waals surface area contributed by atoms with Crippen molar-refractivity contribution in [3.8, 4) is 34.6 Å². The Balaban J connectivity index is 0.000000300. The summed E-state index contributed by atoms with van der Waals surface area (Å²) in [6.07, 6.45) is 0. The Bertz CT molecular complexity index is 2750. The Morgan fingerprint density at radius 2 is 1.09 bits per heavy atom. The van der Waals surface area contributed by atoms with Gasteiger partial charge in [-0.05, 0) is 50.2 Å². The molecule has 0 N–H and O–H groups in total. The molecule has 281 valence electrons. The molecule has 0 aliphatic carbocycles. The minimum Gasteiger partial charge on any atom is -0.871 e. The predicted molar refractivity (Wildman–Crippen MR) is 190 cm³/mol. The number of hydrogen-bond donors (Lipinski definition) is 0. The number of nitro benzene ring substituents is 1. The molecule has 1 radical (unpaired) electrons. The molecule has 7 aromatic rings. The Labute approximate surface area is 331 Å². The van der Waals surface area contributed by atoms with Gasteiger partial charge in [0.1, 0.15) is 21.5 Å². The third kappa shape index (κ3) is 8.38. The molecule has 7 rings (SSSR count). The van der Waals surface area contributed by atoms with Gasteiger partial charge in [0, 0.05) is 34.7 Å². The number of nitrogens with zero attached hydrogens (tertiary/aromatic N) is 9. The summed E-state index contributed by atoms with van der Waals surface area (Å²) in [6.45, 7) is 3.18. The Hall–Kier alpha value is -6.98. The first-order valence-corrected chi connectivity index (χ1v) is 17.3. The zero-order valence-corrected chi connectivity index (χ0v) is 31.0. The van der Waals surface area contributed by atoms with Gasteiger partial charge in [-0.3, -0.25) is 10.1 Å². The summed E-state index contributed by atoms with van der Waals surface area (Å²) < 4.78 is 36.9. The zero-order valence-electron chi connectivity index (χ0n) is 30.9. The quantitative estimate of drug-likeness (QED) is 0.0779. The van der Waals surface area contributed by atoms with E-state index in [1.54, 1.807) is 74.5 Å². The van der Waals surface area contributed by atoms with Crippen LogP contribution in [-0.2, 0) is 27.5 Å². The average molecular weight is 813 g/mol. The van der Waals surface area contributed by atoms with E-state index in [0.717, 1.165) is 18.2 Å². The van der Waals surface area contributed by atoms with Gasteiger partial charge in [0.2, 0.25) is 0 Å². The molecule has 18 nitrogen and oxygen atoms in total. The average Bonchev–Trinajstić information content (AvgIpc) is 3.62. The van der Waals surface area contributed by atoms with Gasteiger partial charge in [-0.2, -0.15) is 20.4 Å². The van der Waals surface area contributed by atoms with E-state index in [-0.39, 0.29) is 59.4 Å². The molecule has 20 heteroatoms. The van der Waals surface area contributed by atoms with Crippen LogP contribution in [0.4, 0.5) is 28.4 Å². The summed E-state index contributed by atoms with van der Waals surface area (Å²) >= 11 is 0. The molecule has 2 aromatic heterocycles. The maximum Gasteiger partial charge on any atom is 3.00 e. The molecular formula is C36H26CrN9O9S. The van der Waals surface area contributed by atoms with Crippen LogP contribution < -0.4 is 20.4 Å². The van der Waals surface area contributed by atoms with E-state index < -0.39 is 43.2 Å². The van der Waals surface area contributed by atoms with Crippen LogP contribution >= 0.6 is 0 Å². The van der Waals surface area contributed by atoms with Gasteiger partial charge < -0.3 is 25.0 Å². The summed E-state index contributed by atoms with van der Waals surface area (Å²) in [5.41, 5.74) is 1.13. The fraction of sp³-hybridized carbons (Fsp3) is 0.0556. The largest absolute Gasteiger partial charge is 3.00 e. The maximum absolute atomic E-state index is 12.7. The van der Waals surface area contributed by atoms with Crippen molar-refractivity contribution in [2.45, 2.75) is 18.7 Å². The van der Waals surface area contributed by atoms with E-state index in [4.69, 9.17) is 0 Å². The van der Waals surface area contributed by atoms with Crippen molar-refractivity contribution in [1.29, 1.82) is 0 Å². The molecule has 0 unspecified atom stereocenters. The van der Waals surface area contributed by atoms with Crippen LogP contribution in [0, 0.1) is 24.0 Å². The van der Waals surface area contributed by atoms with Crippen LogP contribution in [0.2, 0.25) is 0 Å². The molecule has 0 amide bonds. The molecule has 0 aliphatic heterocycles. The second-order valence-corrected chi connectivity index (χ2v) is 12.9. The number of azo groups is 2. The Morgan fingerprint density at radius 3 is 1.57 bits per heavy atom. The number of aromatic nitrogens is 4. The Kier molecular flexibility index (Phi) is 11.9. The number of nitro groups is 1. The molecule has 0 saturated carbocycles. The van der Waals surface area contributed by atoms with Crippen molar-refractivity contribution < 1.29 is 58.5 Å². The van der Waals surface area contributed by atoms with Crippen molar-refractivity contribution in [3.63, 3.8) is 0 Å². The first-order chi connectivity index (χ1) is 26.2. The monoisotopic (exact) mass is 812 g/mol. The van der Waals surface area contributed by atoms with E-state index in [1.165, 1.54) is 33.6 Å². The summed E-state index contributed by atoms with van der Waals surface area (Å²) in [6, 6.07) is 27.4. The van der Waals surface area contributed by atoms with Crippen LogP contribution in [0.3, 0.4) is 0 Å². The van der Waals surface area contributed by atoms with Crippen LogP contribution in [0.25, 0.3) is 22.1 Å². The molecule has 56 heavy (non-hydrogen) atoms. The number of para-hydroxylation sites is 2. The first kappa shape index (κ1) is 40.2. The van der Waals surface area contributed by atoms with E-state index in [1.807, 2.05) is 6.07 Å². The van der Waals surface area contributed by atoms with E-state index >= 15 is 0 Å². The first-order valence-electron chi connectivity index (χ1n) is 15.9. The van der Waals surface area contributed by atoms with Crippen LogP contribution in [0.1, 0.15) is 14.2 Å². The van der Waals surface area contributed by atoms with E-state index in [0.29, 0.717) is 22.8 Å². The fourth-order valence-corrected chi connectivity index (χ4v) is 5.93. The predicted octanol–water partition coefficient (Wildman–Crippen LogP) is 5.67. The van der Waals surface area contributed by atoms with Gasteiger partial charge in [0.15, 0.2) is 0 Å². The molecule has 0 aliphatic rings. The minimum absolute atomic E-state index is 0. The number of aryl methyl sites for hydroxylation is 2. The van der Waals surface area contributed by atoms with Crippen molar-refractivity contribution >= 4 is 49.3 Å².